The second-order valence-electron chi connectivity index (χ2n) is 0. The number of hydrogen-bond donors (Lipinski definition) is 0. The first kappa shape index (κ1) is 26.8. The van der Waals surface area contributed by atoms with Gasteiger partial charge in [-0.1, -0.05) is 0 Å². The van der Waals surface area contributed by atoms with Gasteiger partial charge in [0.05, 0.1) is 0 Å². The van der Waals surface area contributed by atoms with Crippen molar-refractivity contribution in [2.45, 2.75) is 0 Å². The van der Waals surface area contributed by atoms with Crippen LogP contribution in [0.5, 0.6) is 0 Å². The summed E-state index contributed by atoms with van der Waals surface area (Å²) in [5.41, 5.74) is 0. The smallest absolute Gasteiger partial charge is 0 e. The molecule has 0 aromatic carbocycles. The number of rotatable bonds is 0. The molecule has 0 unspecified atom stereocenters. The zero-order valence-corrected chi connectivity index (χ0v) is 7.52. The molecule has 0 aliphatic heterocycles. The van der Waals surface area contributed by atoms with Crippen LogP contribution in [-0.2, 0) is 60.3 Å². The van der Waals surface area contributed by atoms with Gasteiger partial charge < -0.3 is 0 Å². The van der Waals surface area contributed by atoms with Crippen LogP contribution in [0.25, 0.3) is 0 Å². The maximum atomic E-state index is 8.38. The van der Waals surface area contributed by atoms with Crippen molar-refractivity contribution in [2.24, 2.45) is 0 Å². The molecule has 0 N–H and O–H groups in total. The molecule has 0 saturated carbocycles. The Morgan fingerprint density at radius 2 is 1.20 bits per heavy atom. The molecular weight excluding hydrogens is 195 g/mol. The minimum Gasteiger partial charge on any atom is 0 e. The quantitative estimate of drug-likeness (QED) is 0.465. The van der Waals surface area contributed by atoms with Gasteiger partial charge in [0.25, 0.3) is 0 Å². The maximum absolute atomic E-state index is 8.38. The maximum Gasteiger partial charge on any atom is 0 e. The van der Waals surface area contributed by atoms with Gasteiger partial charge in [-0.3, -0.25) is 0 Å². The third-order valence-electron chi connectivity index (χ3n) is 0. The summed E-state index contributed by atoms with van der Waals surface area (Å²) in [6.45, 7) is 0. The zero-order chi connectivity index (χ0) is 2.00. The molecule has 0 atom stereocenters. The van der Waals surface area contributed by atoms with Crippen molar-refractivity contribution >= 4 is 18.9 Å². The van der Waals surface area contributed by atoms with E-state index in [-0.39, 0.29) is 75.6 Å². The standard InChI is InChI=1S/Co.Li.O.Ti.Zn.H. The van der Waals surface area contributed by atoms with Crippen LogP contribution < -0.4 is 0 Å². The van der Waals surface area contributed by atoms with Crippen molar-refractivity contribution in [1.29, 1.82) is 0 Å². The molecule has 0 rings (SSSR count). The van der Waals surface area contributed by atoms with Crippen molar-refractivity contribution in [3.63, 3.8) is 0 Å². The fourth-order valence-corrected chi connectivity index (χ4v) is 0. The van der Waals surface area contributed by atoms with Gasteiger partial charge in [-0.15, -0.1) is 0 Å². The predicted molar refractivity (Wildman–Crippen MR) is 7.84 cm³/mol. The first-order valence-corrected chi connectivity index (χ1v) is 1.50. The van der Waals surface area contributed by atoms with E-state index in [1.165, 1.54) is 0 Å². The molecule has 0 aliphatic rings. The molecule has 0 spiro atoms. The van der Waals surface area contributed by atoms with Crippen molar-refractivity contribution in [1.82, 2.24) is 0 Å². The molecule has 0 fully saturated rings. The summed E-state index contributed by atoms with van der Waals surface area (Å²) in [5.74, 6) is 0. The van der Waals surface area contributed by atoms with Gasteiger partial charge in [-0.2, -0.15) is 0 Å². The fraction of sp³-hybridized carbons (Fsp3) is 0. The summed E-state index contributed by atoms with van der Waals surface area (Å²) in [6.07, 6.45) is 0. The zero-order valence-electron chi connectivity index (χ0n) is 1.95. The molecule has 0 saturated heterocycles. The van der Waals surface area contributed by atoms with Crippen LogP contribution >= 0.6 is 0 Å². The molecule has 0 aromatic rings. The first-order valence-electron chi connectivity index (χ1n) is 0.289. The van der Waals surface area contributed by atoms with Crippen molar-refractivity contribution < 1.29 is 60.3 Å². The van der Waals surface area contributed by atoms with Gasteiger partial charge in [0.1, 0.15) is 0 Å². The Kier molecular flexibility index (Phi) is 183. The summed E-state index contributed by atoms with van der Waals surface area (Å²) in [7, 11) is 0. The minimum absolute atomic E-state index is 0. The van der Waals surface area contributed by atoms with Crippen LogP contribution in [0.1, 0.15) is 0 Å². The van der Waals surface area contributed by atoms with Crippen LogP contribution in [0.2, 0.25) is 0 Å². The van der Waals surface area contributed by atoms with E-state index in [1.807, 2.05) is 0 Å². The van der Waals surface area contributed by atoms with Crippen LogP contribution in [0, 0.1) is 0 Å². The summed E-state index contributed by atoms with van der Waals surface area (Å²) >= 11 is 0.125. The fourth-order valence-electron chi connectivity index (χ4n) is 0. The average Bonchev–Trinajstić information content (AvgIpc) is 1.00. The normalized spacial score (nSPS) is 1.20. The third-order valence-corrected chi connectivity index (χ3v) is 0. The van der Waals surface area contributed by atoms with Gasteiger partial charge in [0.15, 0.2) is 0 Å². The van der Waals surface area contributed by atoms with Crippen LogP contribution in [0.15, 0.2) is 0 Å². The molecular formula is HCoLiOTiZn. The Hall–Kier alpha value is 2.24. The summed E-state index contributed by atoms with van der Waals surface area (Å²) in [4.78, 5) is 0. The van der Waals surface area contributed by atoms with E-state index in [9.17, 15) is 0 Å². The van der Waals surface area contributed by atoms with Gasteiger partial charge in [0.2, 0.25) is 0 Å². The van der Waals surface area contributed by atoms with Crippen LogP contribution in [0.4, 0.5) is 0 Å². The third kappa shape index (κ3) is 22.3. The largest absolute Gasteiger partial charge is 0 e. The summed E-state index contributed by atoms with van der Waals surface area (Å²) in [5, 5.41) is 0. The van der Waals surface area contributed by atoms with E-state index < -0.39 is 0 Å². The number of hydrogen-bond acceptors (Lipinski definition) is 1. The molecule has 0 amide bonds. The topological polar surface area (TPSA) is 17.1 Å². The monoisotopic (exact) mass is 195 g/mol. The van der Waals surface area contributed by atoms with E-state index in [2.05, 4.69) is 0 Å². The molecule has 1 radical (unpaired) electrons. The molecule has 0 aromatic heterocycles. The van der Waals surface area contributed by atoms with Gasteiger partial charge in [-0.05, 0) is 0 Å². The first-order chi connectivity index (χ1) is 1.00. The van der Waals surface area contributed by atoms with E-state index in [1.54, 1.807) is 0 Å². The predicted octanol–water partition coefficient (Wildman–Crippen LogP) is -0.775. The molecule has 5 heavy (non-hydrogen) atoms. The molecule has 1 nitrogen and oxygen atoms in total. The molecule has 0 bridgehead atoms. The Morgan fingerprint density at radius 1 is 1.20 bits per heavy atom. The Balaban J connectivity index is -0.00000000167. The van der Waals surface area contributed by atoms with Gasteiger partial charge in [0, 0.05) is 38.5 Å². The van der Waals surface area contributed by atoms with Crippen molar-refractivity contribution in [3.8, 4) is 0 Å². The second kappa shape index (κ2) is 34.1. The van der Waals surface area contributed by atoms with Crippen LogP contribution in [-0.4, -0.2) is 18.9 Å². The molecule has 23 valence electrons. The average molecular weight is 196 g/mol. The van der Waals surface area contributed by atoms with E-state index in [0.717, 1.165) is 0 Å². The van der Waals surface area contributed by atoms with Crippen LogP contribution in [0.3, 0.4) is 0 Å². The SMILES string of the molecule is [Co].[LiH].[O]=[Zn].[Ti]. The second-order valence-corrected chi connectivity index (χ2v) is 0. The van der Waals surface area contributed by atoms with Gasteiger partial charge >= 0.3 is 40.7 Å². The Bertz CT molecular complexity index is 11.6. The van der Waals surface area contributed by atoms with Crippen molar-refractivity contribution in [3.05, 3.63) is 0 Å². The Morgan fingerprint density at radius 3 is 1.20 bits per heavy atom. The summed E-state index contributed by atoms with van der Waals surface area (Å²) < 4.78 is 8.38. The van der Waals surface area contributed by atoms with E-state index in [4.69, 9.17) is 3.57 Å². The molecule has 5 heteroatoms. The van der Waals surface area contributed by atoms with E-state index >= 15 is 0 Å². The Labute approximate surface area is 78.2 Å². The summed E-state index contributed by atoms with van der Waals surface area (Å²) in [6, 6.07) is 0. The van der Waals surface area contributed by atoms with Gasteiger partial charge in [-0.25, -0.2) is 0 Å². The molecule has 0 heterocycles. The molecule has 0 aliphatic carbocycles. The minimum atomic E-state index is 0. The van der Waals surface area contributed by atoms with Crippen molar-refractivity contribution in [2.75, 3.05) is 0 Å². The van der Waals surface area contributed by atoms with E-state index in [0.29, 0.717) is 0 Å².